The molecular weight excluding hydrogens is 484 g/mol. The summed E-state index contributed by atoms with van der Waals surface area (Å²) >= 11 is 0. The molecule has 0 aliphatic heterocycles. The summed E-state index contributed by atoms with van der Waals surface area (Å²) in [5.74, 6) is 1.79. The summed E-state index contributed by atoms with van der Waals surface area (Å²) in [5.41, 5.74) is 2.91. The van der Waals surface area contributed by atoms with Crippen molar-refractivity contribution in [2.75, 3.05) is 64.0 Å². The zero-order valence-electron chi connectivity index (χ0n) is 22.2. The number of hydrogen-bond acceptors (Lipinski definition) is 9. The molecule has 0 saturated heterocycles. The highest BCUT2D eigenvalue weighted by molar-refractivity contribution is 6.02. The zero-order chi connectivity index (χ0) is 27.2. The molecule has 3 heterocycles. The van der Waals surface area contributed by atoms with Gasteiger partial charge in [-0.25, -0.2) is 9.97 Å². The van der Waals surface area contributed by atoms with Crippen LogP contribution in [0.5, 0.6) is 11.6 Å². The molecule has 11 heteroatoms. The van der Waals surface area contributed by atoms with Gasteiger partial charge in [-0.1, -0.05) is 6.58 Å². The van der Waals surface area contributed by atoms with E-state index in [0.717, 1.165) is 29.7 Å². The Hall–Kier alpha value is -4.64. The van der Waals surface area contributed by atoms with E-state index in [-0.39, 0.29) is 5.91 Å². The summed E-state index contributed by atoms with van der Waals surface area (Å²) in [6.07, 6.45) is 6.58. The minimum Gasteiger partial charge on any atom is -0.494 e. The third-order valence-corrected chi connectivity index (χ3v) is 5.95. The van der Waals surface area contributed by atoms with Gasteiger partial charge in [-0.05, 0) is 38.4 Å². The fourth-order valence-corrected chi connectivity index (χ4v) is 3.89. The van der Waals surface area contributed by atoms with Crippen molar-refractivity contribution >= 4 is 39.8 Å². The SMILES string of the molecule is C=CC(=O)Nc1cc(Nc2nccc(-n3ccc4cnc(OC)cc43)n2)c(OC)cc1N(C)CCN(C)C. The van der Waals surface area contributed by atoms with E-state index >= 15 is 0 Å². The second kappa shape index (κ2) is 11.6. The molecule has 1 aromatic carbocycles. The number of nitrogens with one attached hydrogen (secondary N) is 2. The van der Waals surface area contributed by atoms with Crippen molar-refractivity contribution < 1.29 is 14.3 Å². The van der Waals surface area contributed by atoms with Gasteiger partial charge in [-0.3, -0.25) is 4.79 Å². The maximum atomic E-state index is 12.2. The van der Waals surface area contributed by atoms with Crippen LogP contribution in [0.1, 0.15) is 0 Å². The van der Waals surface area contributed by atoms with Crippen LogP contribution < -0.4 is 25.0 Å². The Balaban J connectivity index is 1.70. The maximum Gasteiger partial charge on any atom is 0.247 e. The Morgan fingerprint density at radius 1 is 1.08 bits per heavy atom. The Morgan fingerprint density at radius 2 is 1.89 bits per heavy atom. The summed E-state index contributed by atoms with van der Waals surface area (Å²) in [5, 5.41) is 7.10. The van der Waals surface area contributed by atoms with E-state index in [1.165, 1.54) is 6.08 Å². The number of rotatable bonds is 11. The van der Waals surface area contributed by atoms with Gasteiger partial charge in [0.2, 0.25) is 17.7 Å². The molecule has 2 N–H and O–H groups in total. The van der Waals surface area contributed by atoms with E-state index in [0.29, 0.717) is 34.8 Å². The molecule has 0 bridgehead atoms. The molecule has 0 aliphatic rings. The van der Waals surface area contributed by atoms with E-state index in [4.69, 9.17) is 14.5 Å². The second-order valence-electron chi connectivity index (χ2n) is 8.82. The number of amides is 1. The maximum absolute atomic E-state index is 12.2. The Labute approximate surface area is 221 Å². The number of carbonyl (C=O) groups excluding carboxylic acids is 1. The highest BCUT2D eigenvalue weighted by Gasteiger charge is 2.17. The first kappa shape index (κ1) is 26.4. The zero-order valence-corrected chi connectivity index (χ0v) is 22.2. The van der Waals surface area contributed by atoms with Gasteiger partial charge in [0, 0.05) is 56.2 Å². The molecule has 0 fully saturated rings. The number of pyridine rings is 1. The second-order valence-corrected chi connectivity index (χ2v) is 8.82. The lowest BCUT2D eigenvalue weighted by Crippen LogP contribution is -2.29. The fraction of sp³-hybridized carbons (Fsp3) is 0.259. The number of carbonyl (C=O) groups is 1. The van der Waals surface area contributed by atoms with Crippen molar-refractivity contribution in [1.29, 1.82) is 0 Å². The molecule has 0 saturated carbocycles. The first-order chi connectivity index (χ1) is 18.3. The Kier molecular flexibility index (Phi) is 8.07. The van der Waals surface area contributed by atoms with Gasteiger partial charge in [0.25, 0.3) is 0 Å². The molecule has 4 rings (SSSR count). The van der Waals surface area contributed by atoms with E-state index in [1.54, 1.807) is 32.7 Å². The highest BCUT2D eigenvalue weighted by Crippen LogP contribution is 2.38. The van der Waals surface area contributed by atoms with Crippen LogP contribution in [-0.2, 0) is 4.79 Å². The molecule has 0 spiro atoms. The number of aromatic nitrogens is 4. The lowest BCUT2D eigenvalue weighted by atomic mass is 10.2. The van der Waals surface area contributed by atoms with Crippen molar-refractivity contribution in [3.63, 3.8) is 0 Å². The quantitative estimate of drug-likeness (QED) is 0.288. The van der Waals surface area contributed by atoms with Crippen LogP contribution in [-0.4, -0.2) is 78.8 Å². The number of benzene rings is 1. The van der Waals surface area contributed by atoms with Gasteiger partial charge in [0.05, 0.1) is 36.8 Å². The van der Waals surface area contributed by atoms with Crippen LogP contribution in [0.25, 0.3) is 16.7 Å². The summed E-state index contributed by atoms with van der Waals surface area (Å²) in [6, 6.07) is 9.31. The molecule has 11 nitrogen and oxygen atoms in total. The van der Waals surface area contributed by atoms with E-state index in [1.807, 2.05) is 56.2 Å². The van der Waals surface area contributed by atoms with Crippen LogP contribution in [0.2, 0.25) is 0 Å². The Morgan fingerprint density at radius 3 is 2.61 bits per heavy atom. The smallest absolute Gasteiger partial charge is 0.247 e. The first-order valence-corrected chi connectivity index (χ1v) is 12.0. The summed E-state index contributed by atoms with van der Waals surface area (Å²) < 4.78 is 12.9. The number of likely N-dealkylation sites (N-methyl/N-ethyl adjacent to an activating group) is 2. The molecule has 0 unspecified atom stereocenters. The topological polar surface area (TPSA) is 110 Å². The van der Waals surface area contributed by atoms with Crippen molar-refractivity contribution in [2.24, 2.45) is 0 Å². The van der Waals surface area contributed by atoms with Crippen LogP contribution in [0.4, 0.5) is 23.0 Å². The van der Waals surface area contributed by atoms with Gasteiger partial charge in [-0.2, -0.15) is 4.98 Å². The van der Waals surface area contributed by atoms with Gasteiger partial charge in [0.1, 0.15) is 11.6 Å². The lowest BCUT2D eigenvalue weighted by Gasteiger charge is -2.26. The van der Waals surface area contributed by atoms with Crippen molar-refractivity contribution in [3.05, 3.63) is 61.6 Å². The average molecular weight is 517 g/mol. The molecule has 3 aromatic heterocycles. The fourth-order valence-electron chi connectivity index (χ4n) is 3.89. The number of ether oxygens (including phenoxy) is 2. The molecule has 0 atom stereocenters. The third-order valence-electron chi connectivity index (χ3n) is 5.95. The highest BCUT2D eigenvalue weighted by atomic mass is 16.5. The predicted molar refractivity (Wildman–Crippen MR) is 150 cm³/mol. The van der Waals surface area contributed by atoms with Crippen molar-refractivity contribution in [2.45, 2.75) is 0 Å². The van der Waals surface area contributed by atoms with E-state index in [9.17, 15) is 4.79 Å². The molecule has 4 aromatic rings. The van der Waals surface area contributed by atoms with Crippen LogP contribution >= 0.6 is 0 Å². The van der Waals surface area contributed by atoms with Crippen LogP contribution in [0.3, 0.4) is 0 Å². The van der Waals surface area contributed by atoms with Gasteiger partial charge < -0.3 is 34.5 Å². The number of anilines is 4. The average Bonchev–Trinajstić information content (AvgIpc) is 3.35. The minimum absolute atomic E-state index is 0.314. The van der Waals surface area contributed by atoms with Gasteiger partial charge in [-0.15, -0.1) is 0 Å². The standard InChI is InChI=1S/C27H32N8O3/c1-7-25(36)30-19-14-20(23(37-5)15-22(19)34(4)13-12-33(2)3)31-27-28-10-8-24(32-27)35-11-9-18-17-29-26(38-6)16-21(18)35/h7-11,14-17H,1,12-13H2,2-6H3,(H,30,36)(H,28,31,32). The number of methoxy groups -OCH3 is 2. The van der Waals surface area contributed by atoms with Gasteiger partial charge in [0.15, 0.2) is 0 Å². The summed E-state index contributed by atoms with van der Waals surface area (Å²) in [4.78, 5) is 29.7. The minimum atomic E-state index is -0.314. The largest absolute Gasteiger partial charge is 0.494 e. The summed E-state index contributed by atoms with van der Waals surface area (Å²) in [6.45, 7) is 5.16. The molecule has 198 valence electrons. The van der Waals surface area contributed by atoms with Crippen LogP contribution in [0, 0.1) is 0 Å². The van der Waals surface area contributed by atoms with Crippen molar-refractivity contribution in [1.82, 2.24) is 24.4 Å². The molecule has 0 aliphatic carbocycles. The van der Waals surface area contributed by atoms with Crippen LogP contribution in [0.15, 0.2) is 61.6 Å². The van der Waals surface area contributed by atoms with Crippen molar-refractivity contribution in [3.8, 4) is 17.4 Å². The van der Waals surface area contributed by atoms with E-state index < -0.39 is 0 Å². The molecule has 38 heavy (non-hydrogen) atoms. The number of fused-ring (bicyclic) bond motifs is 1. The summed E-state index contributed by atoms with van der Waals surface area (Å²) in [7, 11) is 9.17. The lowest BCUT2D eigenvalue weighted by molar-refractivity contribution is -0.111. The van der Waals surface area contributed by atoms with Gasteiger partial charge >= 0.3 is 0 Å². The molecule has 0 radical (unpaired) electrons. The monoisotopic (exact) mass is 516 g/mol. The number of nitrogens with zero attached hydrogens (tertiary/aromatic N) is 6. The molecule has 1 amide bonds. The first-order valence-electron chi connectivity index (χ1n) is 12.0. The predicted octanol–water partition coefficient (Wildman–Crippen LogP) is 3.70. The Bertz CT molecular complexity index is 1450. The molecular formula is C27H32N8O3. The normalized spacial score (nSPS) is 10.9. The third kappa shape index (κ3) is 5.84. The van der Waals surface area contributed by atoms with E-state index in [2.05, 4.69) is 37.0 Å². The number of hydrogen-bond donors (Lipinski definition) is 2.